The van der Waals surface area contributed by atoms with Crippen LogP contribution in [0, 0.1) is 5.92 Å². The molecule has 1 N–H and O–H groups in total. The normalized spacial score (nSPS) is 32.6. The number of ketones is 1. The van der Waals surface area contributed by atoms with E-state index in [4.69, 9.17) is 9.47 Å². The number of phenols is 1. The first-order valence-corrected chi connectivity index (χ1v) is 13.6. The first kappa shape index (κ1) is 26.5. The summed E-state index contributed by atoms with van der Waals surface area (Å²) in [6.45, 7) is 8.73. The van der Waals surface area contributed by atoms with Crippen molar-refractivity contribution in [3.63, 3.8) is 0 Å². The molecule has 1 saturated heterocycles. The van der Waals surface area contributed by atoms with Gasteiger partial charge in [-0.3, -0.25) is 4.79 Å². The largest absolute Gasteiger partial charge is 1.00 e. The summed E-state index contributed by atoms with van der Waals surface area (Å²) in [5.41, 5.74) is 1.88. The maximum Gasteiger partial charge on any atom is 0.181 e. The molecule has 2 aliphatic carbocycles. The molecule has 2 aromatic carbocycles. The number of carbonyl (C=O) groups is 1. The Hall–Kier alpha value is -2.06. The molecule has 5 nitrogen and oxygen atoms in total. The number of quaternary nitrogens is 1. The minimum absolute atomic E-state index is 0. The van der Waals surface area contributed by atoms with E-state index < -0.39 is 11.0 Å². The van der Waals surface area contributed by atoms with Crippen LogP contribution in [0.1, 0.15) is 55.7 Å². The van der Waals surface area contributed by atoms with Crippen LogP contribution in [0.2, 0.25) is 0 Å². The van der Waals surface area contributed by atoms with Crippen LogP contribution in [0.25, 0.3) is 0 Å². The number of piperidine rings is 1. The maximum absolute atomic E-state index is 14.1. The Morgan fingerprint density at radius 2 is 2.08 bits per heavy atom. The number of likely N-dealkylation sites (N-methyl/N-ethyl adjacent to an activating group) is 1. The third kappa shape index (κ3) is 3.61. The van der Waals surface area contributed by atoms with Crippen molar-refractivity contribution < 1.29 is 47.8 Å². The monoisotopic (exact) mass is 615 g/mol. The lowest BCUT2D eigenvalue weighted by molar-refractivity contribution is -0.940. The van der Waals surface area contributed by atoms with E-state index in [0.29, 0.717) is 37.2 Å². The molecule has 0 aromatic heterocycles. The van der Waals surface area contributed by atoms with Gasteiger partial charge in [0, 0.05) is 48.8 Å². The minimum atomic E-state index is -0.994. The molecule has 2 fully saturated rings. The third-order valence-corrected chi connectivity index (χ3v) is 9.83. The van der Waals surface area contributed by atoms with E-state index in [9.17, 15) is 9.90 Å². The van der Waals surface area contributed by atoms with Crippen LogP contribution >= 0.6 is 0 Å². The quantitative estimate of drug-likeness (QED) is 0.214. The van der Waals surface area contributed by atoms with Crippen LogP contribution in [0.5, 0.6) is 17.2 Å². The lowest BCUT2D eigenvalue weighted by Crippen LogP contribution is -3.00. The van der Waals surface area contributed by atoms with Crippen molar-refractivity contribution in [3.05, 3.63) is 65.7 Å². The van der Waals surface area contributed by atoms with Gasteiger partial charge in [0.25, 0.3) is 0 Å². The maximum atomic E-state index is 14.1. The molecule has 198 valence electrons. The fourth-order valence-electron chi connectivity index (χ4n) is 8.23. The topological polar surface area (TPSA) is 55.8 Å². The molecule has 5 atom stereocenters. The highest BCUT2D eigenvalue weighted by molar-refractivity contribution is 5.94. The molecule has 1 saturated carbocycles. The number of phenolic OH excluding ortho intramolecular Hbond substituents is 1. The van der Waals surface area contributed by atoms with Crippen LogP contribution in [0.4, 0.5) is 0 Å². The summed E-state index contributed by atoms with van der Waals surface area (Å²) in [5.74, 6) is 1.89. The van der Waals surface area contributed by atoms with Crippen molar-refractivity contribution in [2.24, 2.45) is 5.92 Å². The molecule has 2 heterocycles. The Morgan fingerprint density at radius 3 is 2.81 bits per heavy atom. The van der Waals surface area contributed by atoms with Gasteiger partial charge in [-0.1, -0.05) is 50.3 Å². The summed E-state index contributed by atoms with van der Waals surface area (Å²) in [4.78, 5) is 14.1. The smallest absolute Gasteiger partial charge is 0.181 e. The Kier molecular flexibility index (Phi) is 6.89. The number of unbranched alkanes of at least 4 members (excludes halogenated alkanes) is 1. The second-order valence-corrected chi connectivity index (χ2v) is 11.6. The van der Waals surface area contributed by atoms with E-state index in [2.05, 4.69) is 32.7 Å². The Labute approximate surface area is 237 Å². The van der Waals surface area contributed by atoms with Crippen molar-refractivity contribution in [2.75, 3.05) is 26.7 Å². The summed E-state index contributed by atoms with van der Waals surface area (Å²) < 4.78 is 14.1. The van der Waals surface area contributed by atoms with E-state index in [1.54, 1.807) is 6.07 Å². The molecule has 37 heavy (non-hydrogen) atoms. The first-order valence-electron chi connectivity index (χ1n) is 13.6. The van der Waals surface area contributed by atoms with Gasteiger partial charge in [0.05, 0.1) is 38.2 Å². The van der Waals surface area contributed by atoms with Crippen LogP contribution < -0.4 is 33.5 Å². The number of halogens is 1. The highest BCUT2D eigenvalue weighted by atomic mass is 127. The zero-order chi connectivity index (χ0) is 25.1. The number of likely N-dealkylation sites (tertiary alicyclic amines) is 1. The number of rotatable bonds is 8. The number of aromatic hydroxyl groups is 1. The van der Waals surface area contributed by atoms with E-state index in [1.807, 2.05) is 24.3 Å². The molecule has 6 heteroatoms. The van der Waals surface area contributed by atoms with Crippen LogP contribution in [0.3, 0.4) is 0 Å². The van der Waals surface area contributed by atoms with Gasteiger partial charge in [0.1, 0.15) is 5.75 Å². The summed E-state index contributed by atoms with van der Waals surface area (Å²) in [6.07, 6.45) is 7.71. The molecule has 0 radical (unpaired) electrons. The zero-order valence-corrected chi connectivity index (χ0v) is 24.1. The van der Waals surface area contributed by atoms with Crippen molar-refractivity contribution in [3.8, 4) is 17.2 Å². The molecule has 2 bridgehead atoms. The SMILES string of the molecule is C=CC[N@+]1(C)CC[C@]23c4c5c(OCCCC)cc(O)c4O[C@@]2(Cc2ccccc2)C(=O)CC[C@H]3[C@H]1C5.[I-]. The van der Waals surface area contributed by atoms with Crippen LogP contribution in [0.15, 0.2) is 49.1 Å². The fraction of sp³-hybridized carbons (Fsp3) is 0.516. The molecule has 2 aliphatic heterocycles. The number of hydrogen-bond acceptors (Lipinski definition) is 4. The van der Waals surface area contributed by atoms with Crippen molar-refractivity contribution in [1.29, 1.82) is 0 Å². The first-order chi connectivity index (χ1) is 17.4. The Bertz CT molecular complexity index is 1220. The van der Waals surface area contributed by atoms with Crippen molar-refractivity contribution in [1.82, 2.24) is 0 Å². The van der Waals surface area contributed by atoms with E-state index in [0.717, 1.165) is 72.1 Å². The molecular weight excluding hydrogens is 577 g/mol. The number of Topliss-reactive ketones (excluding diaryl/α,β-unsaturated/α-hetero) is 1. The molecule has 6 rings (SSSR count). The van der Waals surface area contributed by atoms with E-state index >= 15 is 0 Å². The number of carbonyl (C=O) groups excluding carboxylic acids is 1. The molecular formula is C31H38INO4. The van der Waals surface area contributed by atoms with Gasteiger partial charge in [-0.2, -0.15) is 0 Å². The summed E-state index contributed by atoms with van der Waals surface area (Å²) in [7, 11) is 2.36. The average molecular weight is 616 g/mol. The third-order valence-electron chi connectivity index (χ3n) is 9.83. The molecule has 1 spiro atoms. The highest BCUT2D eigenvalue weighted by Gasteiger charge is 2.76. The van der Waals surface area contributed by atoms with Gasteiger partial charge >= 0.3 is 0 Å². The number of hydrogen-bond donors (Lipinski definition) is 1. The average Bonchev–Trinajstić information content (AvgIpc) is 3.17. The molecule has 0 amide bonds. The van der Waals surface area contributed by atoms with Crippen LogP contribution in [-0.4, -0.2) is 53.8 Å². The lowest BCUT2D eigenvalue weighted by atomic mass is 9.46. The van der Waals surface area contributed by atoms with Crippen molar-refractivity contribution >= 4 is 5.78 Å². The van der Waals surface area contributed by atoms with Gasteiger partial charge < -0.3 is 43.0 Å². The lowest BCUT2D eigenvalue weighted by Gasteiger charge is -2.63. The predicted octanol–water partition coefficient (Wildman–Crippen LogP) is 2.13. The second kappa shape index (κ2) is 9.60. The van der Waals surface area contributed by atoms with Gasteiger partial charge in [0.2, 0.25) is 0 Å². The van der Waals surface area contributed by atoms with Crippen LogP contribution in [-0.2, 0) is 23.1 Å². The van der Waals surface area contributed by atoms with Gasteiger partial charge in [0.15, 0.2) is 22.9 Å². The van der Waals surface area contributed by atoms with E-state index in [1.165, 1.54) is 0 Å². The number of benzene rings is 2. The summed E-state index contributed by atoms with van der Waals surface area (Å²) in [6, 6.07) is 12.3. The van der Waals surface area contributed by atoms with Gasteiger partial charge in [-0.05, 0) is 24.5 Å². The Balaban J connectivity index is 0.00000280. The molecule has 0 unspecified atom stereocenters. The fourth-order valence-corrected chi connectivity index (χ4v) is 8.23. The highest BCUT2D eigenvalue weighted by Crippen LogP contribution is 2.69. The second-order valence-electron chi connectivity index (χ2n) is 11.6. The number of nitrogens with zero attached hydrogens (tertiary/aromatic N) is 1. The van der Waals surface area contributed by atoms with Gasteiger partial charge in [-0.25, -0.2) is 0 Å². The standard InChI is InChI=1S/C31H37NO4.HI/c1-4-6-17-35-26-19-25(33)29-28-22(26)18-24-23-12-13-27(34)31(36-29,20-21-10-8-7-9-11-21)30(23,28)14-16-32(24,3)15-5-2;/h5,7-11,19,23-24H,2,4,6,12-18,20H2,1,3H3;1H/t23-,24+,30-,31-,32+;/m0./s1. The Morgan fingerprint density at radius 1 is 1.30 bits per heavy atom. The van der Waals surface area contributed by atoms with E-state index in [-0.39, 0.29) is 35.5 Å². The zero-order valence-electron chi connectivity index (χ0n) is 22.0. The van der Waals surface area contributed by atoms with Gasteiger partial charge in [-0.15, -0.1) is 0 Å². The predicted molar refractivity (Wildman–Crippen MR) is 140 cm³/mol. The minimum Gasteiger partial charge on any atom is -1.00 e. The number of ether oxygens (including phenoxy) is 2. The molecule has 4 aliphatic rings. The summed E-state index contributed by atoms with van der Waals surface area (Å²) >= 11 is 0. The molecule has 2 aromatic rings. The summed E-state index contributed by atoms with van der Waals surface area (Å²) in [5, 5.41) is 11.3. The van der Waals surface area contributed by atoms with Crippen molar-refractivity contribution in [2.45, 2.75) is 68.9 Å².